The molecular formula is C16H24F2N4O4. The van der Waals surface area contributed by atoms with E-state index in [1.54, 1.807) is 6.92 Å². The number of halogens is 2. The van der Waals surface area contributed by atoms with Crippen molar-refractivity contribution < 1.29 is 27.8 Å². The highest BCUT2D eigenvalue weighted by Gasteiger charge is 2.38. The van der Waals surface area contributed by atoms with Crippen molar-refractivity contribution in [3.05, 3.63) is 22.1 Å². The van der Waals surface area contributed by atoms with Gasteiger partial charge in [0.2, 0.25) is 0 Å². The molecule has 26 heavy (non-hydrogen) atoms. The Kier molecular flexibility index (Phi) is 9.01. The molecule has 1 aliphatic rings. The second kappa shape index (κ2) is 10.7. The summed E-state index contributed by atoms with van der Waals surface area (Å²) < 4.78 is 36.2. The van der Waals surface area contributed by atoms with Crippen LogP contribution in [0.15, 0.2) is 16.8 Å². The Balaban J connectivity index is 3.22. The van der Waals surface area contributed by atoms with Crippen LogP contribution in [-0.4, -0.2) is 49.2 Å². The van der Waals surface area contributed by atoms with Gasteiger partial charge in [-0.25, -0.2) is 4.79 Å². The van der Waals surface area contributed by atoms with E-state index < -0.39 is 36.5 Å². The summed E-state index contributed by atoms with van der Waals surface area (Å²) >= 11 is 0. The van der Waals surface area contributed by atoms with Crippen LogP contribution < -0.4 is 5.32 Å². The fourth-order valence-electron chi connectivity index (χ4n) is 2.73. The van der Waals surface area contributed by atoms with Crippen molar-refractivity contribution in [2.75, 3.05) is 6.61 Å². The highest BCUT2D eigenvalue weighted by Crippen LogP contribution is 2.27. The van der Waals surface area contributed by atoms with E-state index in [1.807, 2.05) is 13.8 Å². The van der Waals surface area contributed by atoms with Gasteiger partial charge in [-0.1, -0.05) is 19.0 Å². The number of hydrogen-bond donors (Lipinski definition) is 1. The molecule has 0 heterocycles. The van der Waals surface area contributed by atoms with E-state index in [1.165, 1.54) is 6.08 Å². The van der Waals surface area contributed by atoms with Crippen molar-refractivity contribution in [3.63, 3.8) is 0 Å². The van der Waals surface area contributed by atoms with Crippen LogP contribution in [0.25, 0.3) is 10.4 Å². The molecule has 1 N–H and O–H groups in total. The summed E-state index contributed by atoms with van der Waals surface area (Å²) in [6.45, 7) is 5.59. The first-order chi connectivity index (χ1) is 12.4. The lowest BCUT2D eigenvalue weighted by Gasteiger charge is -2.36. The normalized spacial score (nSPS) is 22.6. The van der Waals surface area contributed by atoms with Gasteiger partial charge in [-0.05, 0) is 37.8 Å². The van der Waals surface area contributed by atoms with Crippen LogP contribution in [0.1, 0.15) is 40.0 Å². The second-order valence-electron chi connectivity index (χ2n) is 5.76. The van der Waals surface area contributed by atoms with Crippen LogP contribution in [0.3, 0.4) is 0 Å². The number of rotatable bonds is 9. The molecule has 1 amide bonds. The molecule has 0 bridgehead atoms. The van der Waals surface area contributed by atoms with Gasteiger partial charge in [-0.15, -0.1) is 0 Å². The number of amides is 1. The second-order valence-corrected chi connectivity index (χ2v) is 5.76. The van der Waals surface area contributed by atoms with E-state index in [0.29, 0.717) is 12.8 Å². The minimum Gasteiger partial charge on any atom is -0.463 e. The molecule has 3 atom stereocenters. The summed E-state index contributed by atoms with van der Waals surface area (Å²) in [4.78, 5) is 26.3. The monoisotopic (exact) mass is 374 g/mol. The van der Waals surface area contributed by atoms with Crippen LogP contribution >= 0.6 is 0 Å². The number of alkyl halides is 2. The van der Waals surface area contributed by atoms with Gasteiger partial charge in [0.1, 0.15) is 0 Å². The fraction of sp³-hybridized carbons (Fsp3) is 0.750. The van der Waals surface area contributed by atoms with Crippen LogP contribution in [-0.2, 0) is 19.1 Å². The predicted molar refractivity (Wildman–Crippen MR) is 89.4 cm³/mol. The largest absolute Gasteiger partial charge is 0.463 e. The zero-order valence-corrected chi connectivity index (χ0v) is 15.0. The summed E-state index contributed by atoms with van der Waals surface area (Å²) in [7, 11) is 0. The van der Waals surface area contributed by atoms with Crippen LogP contribution in [0.4, 0.5) is 8.78 Å². The lowest BCUT2D eigenvalue weighted by Crippen LogP contribution is -2.54. The molecule has 0 aromatic heterocycles. The molecule has 1 aliphatic carbocycles. The molecule has 0 radical (unpaired) electrons. The number of nitrogens with one attached hydrogen (secondary N) is 1. The van der Waals surface area contributed by atoms with E-state index in [4.69, 9.17) is 15.0 Å². The van der Waals surface area contributed by atoms with Crippen LogP contribution in [0, 0.1) is 0 Å². The highest BCUT2D eigenvalue weighted by atomic mass is 19.3. The zero-order chi connectivity index (χ0) is 19.7. The van der Waals surface area contributed by atoms with E-state index in [0.717, 1.165) is 0 Å². The molecular weight excluding hydrogens is 350 g/mol. The fourth-order valence-corrected chi connectivity index (χ4v) is 2.73. The summed E-state index contributed by atoms with van der Waals surface area (Å²) in [6.07, 6.45) is -1.61. The van der Waals surface area contributed by atoms with Crippen LogP contribution in [0.2, 0.25) is 0 Å². The van der Waals surface area contributed by atoms with Gasteiger partial charge < -0.3 is 14.8 Å². The van der Waals surface area contributed by atoms with Gasteiger partial charge in [0.15, 0.2) is 0 Å². The maximum atomic E-state index is 12.7. The molecule has 0 aromatic carbocycles. The van der Waals surface area contributed by atoms with Gasteiger partial charge in [-0.3, -0.25) is 4.79 Å². The molecule has 8 nitrogen and oxygen atoms in total. The van der Waals surface area contributed by atoms with E-state index in [-0.39, 0.29) is 24.7 Å². The van der Waals surface area contributed by atoms with Crippen molar-refractivity contribution in [1.82, 2.24) is 5.32 Å². The Morgan fingerprint density at radius 1 is 1.38 bits per heavy atom. The van der Waals surface area contributed by atoms with Crippen molar-refractivity contribution in [2.24, 2.45) is 5.11 Å². The number of hydrogen-bond acceptors (Lipinski definition) is 5. The summed E-state index contributed by atoms with van der Waals surface area (Å²) in [5.41, 5.74) is 9.01. The highest BCUT2D eigenvalue weighted by molar-refractivity contribution is 5.89. The van der Waals surface area contributed by atoms with E-state index >= 15 is 0 Å². The molecule has 0 unspecified atom stereocenters. The number of carbonyl (C=O) groups is 2. The SMILES string of the molecule is CCOC(=O)C1=C[C@@H](OC(CC)CC)[C@H](NC(=O)C(F)F)[C@@H](N=[N+]=[N-])C1. The summed E-state index contributed by atoms with van der Waals surface area (Å²) in [5, 5.41) is 5.74. The summed E-state index contributed by atoms with van der Waals surface area (Å²) in [5.74, 6) is -2.08. The van der Waals surface area contributed by atoms with Crippen LogP contribution in [0.5, 0.6) is 0 Å². The number of carbonyl (C=O) groups excluding carboxylic acids is 2. The average molecular weight is 374 g/mol. The van der Waals surface area contributed by atoms with Crippen molar-refractivity contribution >= 4 is 11.9 Å². The lowest BCUT2D eigenvalue weighted by molar-refractivity contribution is -0.139. The maximum absolute atomic E-state index is 12.7. The van der Waals surface area contributed by atoms with Gasteiger partial charge >= 0.3 is 12.4 Å². The third-order valence-electron chi connectivity index (χ3n) is 4.07. The number of nitrogens with zero attached hydrogens (tertiary/aromatic N) is 3. The third kappa shape index (κ3) is 5.96. The first kappa shape index (κ1) is 21.9. The zero-order valence-electron chi connectivity index (χ0n) is 15.0. The summed E-state index contributed by atoms with van der Waals surface area (Å²) in [6, 6.07) is -1.96. The Morgan fingerprint density at radius 2 is 2.04 bits per heavy atom. The minimum absolute atomic E-state index is 0.0418. The Labute approximate surface area is 150 Å². The van der Waals surface area contributed by atoms with Crippen molar-refractivity contribution in [2.45, 2.75) is 70.8 Å². The standard InChI is InChI=1S/C16H24F2N4O4/c1-4-10(5-2)26-12-8-9(16(24)25-6-3)7-11(21-22-19)13(12)20-15(23)14(17)18/h8,10-14H,4-7H2,1-3H3,(H,20,23)/t11-,12+,13+/m0/s1. The smallest absolute Gasteiger partial charge is 0.333 e. The molecule has 0 saturated heterocycles. The van der Waals surface area contributed by atoms with E-state index in [9.17, 15) is 18.4 Å². The third-order valence-corrected chi connectivity index (χ3v) is 4.07. The molecule has 146 valence electrons. The Bertz CT molecular complexity index is 575. The van der Waals surface area contributed by atoms with Gasteiger partial charge in [0, 0.05) is 10.5 Å². The lowest BCUT2D eigenvalue weighted by atomic mass is 9.88. The number of azide groups is 1. The van der Waals surface area contributed by atoms with Gasteiger partial charge in [0.25, 0.3) is 5.91 Å². The molecule has 10 heteroatoms. The molecule has 0 aromatic rings. The van der Waals surface area contributed by atoms with Gasteiger partial charge in [-0.2, -0.15) is 8.78 Å². The van der Waals surface area contributed by atoms with E-state index in [2.05, 4.69) is 15.3 Å². The molecule has 0 fully saturated rings. The average Bonchev–Trinajstić information content (AvgIpc) is 2.61. The number of esters is 1. The van der Waals surface area contributed by atoms with Gasteiger partial charge in [0.05, 0.1) is 30.9 Å². The molecule has 0 aliphatic heterocycles. The quantitative estimate of drug-likeness (QED) is 0.289. The predicted octanol–water partition coefficient (Wildman–Crippen LogP) is 2.88. The molecule has 0 saturated carbocycles. The first-order valence-corrected chi connectivity index (χ1v) is 8.53. The number of ether oxygens (including phenoxy) is 2. The van der Waals surface area contributed by atoms with Crippen molar-refractivity contribution in [3.8, 4) is 0 Å². The first-order valence-electron chi connectivity index (χ1n) is 8.53. The minimum atomic E-state index is -3.22. The Hall–Kier alpha value is -2.19. The van der Waals surface area contributed by atoms with Crippen molar-refractivity contribution in [1.29, 1.82) is 0 Å². The molecule has 0 spiro atoms. The topological polar surface area (TPSA) is 113 Å². The Morgan fingerprint density at radius 3 is 2.54 bits per heavy atom. The maximum Gasteiger partial charge on any atom is 0.333 e. The molecule has 1 rings (SSSR count).